The van der Waals surface area contributed by atoms with Crippen molar-refractivity contribution in [2.75, 3.05) is 13.7 Å². The Kier molecular flexibility index (Phi) is 6.45. The van der Waals surface area contributed by atoms with E-state index < -0.39 is 17.3 Å². The number of carbonyl (C=O) groups is 2. The van der Waals surface area contributed by atoms with Crippen LogP contribution in [0.15, 0.2) is 24.3 Å². The van der Waals surface area contributed by atoms with Crippen molar-refractivity contribution in [3.05, 3.63) is 29.8 Å². The van der Waals surface area contributed by atoms with Gasteiger partial charge >= 0.3 is 5.97 Å². The first-order valence-corrected chi connectivity index (χ1v) is 9.04. The molecule has 0 aliphatic heterocycles. The van der Waals surface area contributed by atoms with Crippen molar-refractivity contribution in [3.63, 3.8) is 0 Å². The Morgan fingerprint density at radius 3 is 2.28 bits per heavy atom. The summed E-state index contributed by atoms with van der Waals surface area (Å²) in [7, 11) is 1.62. The number of carboxylic acid groups (broad SMARTS) is 1. The van der Waals surface area contributed by atoms with Gasteiger partial charge in [-0.05, 0) is 42.9 Å². The van der Waals surface area contributed by atoms with E-state index in [1.807, 2.05) is 38.1 Å². The van der Waals surface area contributed by atoms with Gasteiger partial charge in [0.25, 0.3) is 0 Å². The summed E-state index contributed by atoms with van der Waals surface area (Å²) in [6.45, 7) is 4.17. The van der Waals surface area contributed by atoms with E-state index in [2.05, 4.69) is 5.32 Å². The molecule has 1 saturated carbocycles. The predicted molar refractivity (Wildman–Crippen MR) is 96.7 cm³/mol. The first kappa shape index (κ1) is 19.3. The molecule has 5 nitrogen and oxygen atoms in total. The highest BCUT2D eigenvalue weighted by atomic mass is 16.5. The maximum absolute atomic E-state index is 13.0. The minimum absolute atomic E-state index is 0.0508. The van der Waals surface area contributed by atoms with Crippen molar-refractivity contribution >= 4 is 11.9 Å². The number of nitrogens with one attached hydrogen (secondary N) is 1. The summed E-state index contributed by atoms with van der Waals surface area (Å²) in [4.78, 5) is 24.4. The molecule has 0 spiro atoms. The second kappa shape index (κ2) is 8.37. The molecule has 1 unspecified atom stereocenters. The maximum Gasteiger partial charge on any atom is 0.308 e. The number of hydrogen-bond acceptors (Lipinski definition) is 3. The van der Waals surface area contributed by atoms with E-state index in [0.29, 0.717) is 6.42 Å². The Bertz CT molecular complexity index is 588. The Hall–Kier alpha value is -2.04. The average Bonchev–Trinajstić information content (AvgIpc) is 3.09. The average molecular weight is 347 g/mol. The molecule has 0 bridgehead atoms. The lowest BCUT2D eigenvalue weighted by Gasteiger charge is -2.29. The highest BCUT2D eigenvalue weighted by Gasteiger charge is 2.42. The van der Waals surface area contributed by atoms with Crippen LogP contribution >= 0.6 is 0 Å². The summed E-state index contributed by atoms with van der Waals surface area (Å²) in [5.74, 6) is -0.400. The number of carboxylic acids is 1. The van der Waals surface area contributed by atoms with E-state index in [-0.39, 0.29) is 18.4 Å². The van der Waals surface area contributed by atoms with Crippen LogP contribution in [0.4, 0.5) is 0 Å². The van der Waals surface area contributed by atoms with Gasteiger partial charge in [-0.15, -0.1) is 0 Å². The number of rotatable bonds is 8. The normalized spacial score (nSPS) is 17.3. The number of hydrogen-bond donors (Lipinski definition) is 2. The number of methoxy groups -OCH3 is 1. The molecule has 1 amide bonds. The Morgan fingerprint density at radius 1 is 1.20 bits per heavy atom. The fourth-order valence-electron chi connectivity index (χ4n) is 3.76. The second-order valence-corrected chi connectivity index (χ2v) is 7.39. The molecule has 1 atom stereocenters. The van der Waals surface area contributed by atoms with Crippen LogP contribution in [0.1, 0.15) is 51.5 Å². The summed E-state index contributed by atoms with van der Waals surface area (Å²) in [6.07, 6.45) is 4.17. The molecule has 138 valence electrons. The van der Waals surface area contributed by atoms with Crippen LogP contribution < -0.4 is 10.1 Å². The fraction of sp³-hybridized carbons (Fsp3) is 0.600. The molecule has 1 aromatic rings. The van der Waals surface area contributed by atoms with Crippen LogP contribution in [0, 0.1) is 11.8 Å². The number of benzene rings is 1. The molecule has 5 heteroatoms. The second-order valence-electron chi connectivity index (χ2n) is 7.39. The van der Waals surface area contributed by atoms with Crippen molar-refractivity contribution in [1.29, 1.82) is 0 Å². The van der Waals surface area contributed by atoms with E-state index in [0.717, 1.165) is 37.0 Å². The number of ether oxygens (including phenoxy) is 1. The molecule has 0 saturated heterocycles. The lowest BCUT2D eigenvalue weighted by atomic mass is 9.78. The smallest absolute Gasteiger partial charge is 0.308 e. The van der Waals surface area contributed by atoms with Crippen LogP contribution in [-0.2, 0) is 15.0 Å². The molecule has 1 aliphatic carbocycles. The molecule has 1 fully saturated rings. The van der Waals surface area contributed by atoms with Crippen LogP contribution in [0.5, 0.6) is 5.75 Å². The third kappa shape index (κ3) is 4.53. The van der Waals surface area contributed by atoms with E-state index >= 15 is 0 Å². The zero-order valence-electron chi connectivity index (χ0n) is 15.4. The monoisotopic (exact) mass is 347 g/mol. The molecule has 0 heterocycles. The summed E-state index contributed by atoms with van der Waals surface area (Å²) in [5.41, 5.74) is 0.437. The van der Waals surface area contributed by atoms with Crippen molar-refractivity contribution in [2.45, 2.75) is 51.4 Å². The van der Waals surface area contributed by atoms with Crippen LogP contribution in [0.25, 0.3) is 0 Å². The third-order valence-electron chi connectivity index (χ3n) is 5.15. The molecule has 1 aromatic carbocycles. The van der Waals surface area contributed by atoms with E-state index in [1.54, 1.807) is 7.11 Å². The Labute approximate surface area is 149 Å². The number of aliphatic carboxylic acids is 1. The molecular formula is C20H29NO4. The van der Waals surface area contributed by atoms with Gasteiger partial charge in [0.1, 0.15) is 5.75 Å². The van der Waals surface area contributed by atoms with Crippen LogP contribution in [-0.4, -0.2) is 30.6 Å². The molecule has 2 N–H and O–H groups in total. The summed E-state index contributed by atoms with van der Waals surface area (Å²) < 4.78 is 5.20. The molecule has 1 aliphatic rings. The van der Waals surface area contributed by atoms with Crippen molar-refractivity contribution < 1.29 is 19.4 Å². The minimum atomic E-state index is -0.848. The largest absolute Gasteiger partial charge is 0.497 e. The Balaban J connectivity index is 2.13. The topological polar surface area (TPSA) is 75.6 Å². The quantitative estimate of drug-likeness (QED) is 0.756. The molecular weight excluding hydrogens is 318 g/mol. The molecule has 2 rings (SSSR count). The first-order chi connectivity index (χ1) is 11.9. The Morgan fingerprint density at radius 2 is 1.80 bits per heavy atom. The van der Waals surface area contributed by atoms with E-state index in [4.69, 9.17) is 4.74 Å². The van der Waals surface area contributed by atoms with E-state index in [9.17, 15) is 14.7 Å². The lowest BCUT2D eigenvalue weighted by molar-refractivity contribution is -0.142. The molecule has 25 heavy (non-hydrogen) atoms. The highest BCUT2D eigenvalue weighted by Crippen LogP contribution is 2.41. The van der Waals surface area contributed by atoms with Crippen molar-refractivity contribution in [3.8, 4) is 5.75 Å². The van der Waals surface area contributed by atoms with Gasteiger partial charge in [0.2, 0.25) is 5.91 Å². The highest BCUT2D eigenvalue weighted by molar-refractivity contribution is 5.89. The fourth-order valence-corrected chi connectivity index (χ4v) is 3.76. The van der Waals surface area contributed by atoms with Crippen LogP contribution in [0.3, 0.4) is 0 Å². The van der Waals surface area contributed by atoms with Gasteiger partial charge in [0.15, 0.2) is 0 Å². The van der Waals surface area contributed by atoms with Gasteiger partial charge in [-0.2, -0.15) is 0 Å². The summed E-state index contributed by atoms with van der Waals surface area (Å²) in [5, 5.41) is 12.3. The van der Waals surface area contributed by atoms with Crippen molar-refractivity contribution in [1.82, 2.24) is 5.32 Å². The molecule has 0 aromatic heterocycles. The molecule has 0 radical (unpaired) electrons. The zero-order chi connectivity index (χ0) is 18.4. The van der Waals surface area contributed by atoms with Gasteiger partial charge in [0, 0.05) is 6.54 Å². The standard InChI is InChI=1S/C20H29NO4/c1-14(2)12-15(18(22)23)13-21-19(24)20(10-4-5-11-20)16-6-8-17(25-3)9-7-16/h6-9,14-15H,4-5,10-13H2,1-3H3,(H,21,24)(H,22,23). The van der Waals surface area contributed by atoms with Gasteiger partial charge in [-0.3, -0.25) is 9.59 Å². The lowest BCUT2D eigenvalue weighted by Crippen LogP contribution is -2.45. The van der Waals surface area contributed by atoms with Crippen molar-refractivity contribution in [2.24, 2.45) is 11.8 Å². The summed E-state index contributed by atoms with van der Waals surface area (Å²) >= 11 is 0. The third-order valence-corrected chi connectivity index (χ3v) is 5.15. The van der Waals surface area contributed by atoms with Crippen LogP contribution in [0.2, 0.25) is 0 Å². The summed E-state index contributed by atoms with van der Waals surface area (Å²) in [6, 6.07) is 7.65. The zero-order valence-corrected chi connectivity index (χ0v) is 15.4. The predicted octanol–water partition coefficient (Wildman–Crippen LogP) is 3.37. The van der Waals surface area contributed by atoms with E-state index in [1.165, 1.54) is 0 Å². The van der Waals surface area contributed by atoms with Gasteiger partial charge < -0.3 is 15.2 Å². The van der Waals surface area contributed by atoms with Gasteiger partial charge in [-0.25, -0.2) is 0 Å². The number of amides is 1. The minimum Gasteiger partial charge on any atom is -0.497 e. The number of carbonyl (C=O) groups excluding carboxylic acids is 1. The first-order valence-electron chi connectivity index (χ1n) is 9.04. The maximum atomic E-state index is 13.0. The van der Waals surface area contributed by atoms with Gasteiger partial charge in [-0.1, -0.05) is 38.8 Å². The van der Waals surface area contributed by atoms with Gasteiger partial charge in [0.05, 0.1) is 18.4 Å². The SMILES string of the molecule is COc1ccc(C2(C(=O)NCC(CC(C)C)C(=O)O)CCCC2)cc1.